The van der Waals surface area contributed by atoms with E-state index in [0.29, 0.717) is 17.9 Å². The Balaban J connectivity index is 1.81. The largest absolute Gasteiger partial charge is 0.464 e. The number of amides is 1. The maximum Gasteiger partial charge on any atom is 0.276 e. The van der Waals surface area contributed by atoms with E-state index in [4.69, 9.17) is 4.42 Å². The molecule has 0 saturated heterocycles. The van der Waals surface area contributed by atoms with Crippen LogP contribution in [0.5, 0.6) is 0 Å². The first-order chi connectivity index (χ1) is 11.0. The zero-order valence-corrected chi connectivity index (χ0v) is 13.4. The molecule has 23 heavy (non-hydrogen) atoms. The van der Waals surface area contributed by atoms with Crippen molar-refractivity contribution in [2.24, 2.45) is 0 Å². The summed E-state index contributed by atoms with van der Waals surface area (Å²) in [5.41, 5.74) is 1.76. The highest BCUT2D eigenvalue weighted by Crippen LogP contribution is 2.13. The Morgan fingerprint density at radius 2 is 1.87 bits per heavy atom. The van der Waals surface area contributed by atoms with Crippen LogP contribution in [0, 0.1) is 13.8 Å². The molecule has 0 bridgehead atoms. The highest BCUT2D eigenvalue weighted by Gasteiger charge is 2.20. The number of furan rings is 1. The Kier molecular flexibility index (Phi) is 3.97. The summed E-state index contributed by atoms with van der Waals surface area (Å²) >= 11 is 0. The molecule has 0 N–H and O–H groups in total. The molecule has 2 aromatic heterocycles. The number of benzene rings is 1. The van der Waals surface area contributed by atoms with Gasteiger partial charge in [-0.25, -0.2) is 0 Å². The third-order valence-electron chi connectivity index (χ3n) is 3.51. The van der Waals surface area contributed by atoms with Gasteiger partial charge in [0.25, 0.3) is 5.91 Å². The van der Waals surface area contributed by atoms with E-state index in [1.807, 2.05) is 49.4 Å². The van der Waals surface area contributed by atoms with Gasteiger partial charge in [-0.15, -0.1) is 5.10 Å². The molecule has 6 heteroatoms. The number of nitrogens with zero attached hydrogens (tertiary/aromatic N) is 4. The molecule has 118 valence electrons. The predicted molar refractivity (Wildman–Crippen MR) is 85.3 cm³/mol. The molecule has 0 saturated carbocycles. The van der Waals surface area contributed by atoms with Crippen molar-refractivity contribution in [3.8, 4) is 5.69 Å². The minimum Gasteiger partial charge on any atom is -0.464 e. The normalized spacial score (nSPS) is 10.7. The number of carbonyl (C=O) groups excluding carboxylic acids is 1. The average Bonchev–Trinajstić information content (AvgIpc) is 3.13. The zero-order valence-electron chi connectivity index (χ0n) is 13.4. The van der Waals surface area contributed by atoms with Crippen molar-refractivity contribution in [1.29, 1.82) is 0 Å². The van der Waals surface area contributed by atoms with Gasteiger partial charge in [0.05, 0.1) is 17.9 Å². The molecule has 1 amide bonds. The summed E-state index contributed by atoms with van der Waals surface area (Å²) in [6, 6.07) is 13.3. The number of para-hydroxylation sites is 1. The fourth-order valence-corrected chi connectivity index (χ4v) is 2.31. The fraction of sp³-hybridized carbons (Fsp3) is 0.235. The quantitative estimate of drug-likeness (QED) is 0.743. The number of rotatable bonds is 4. The Bertz CT molecular complexity index is 820. The first kappa shape index (κ1) is 15.0. The summed E-state index contributed by atoms with van der Waals surface area (Å²) in [6.45, 7) is 4.05. The van der Waals surface area contributed by atoms with E-state index in [1.165, 1.54) is 4.80 Å². The molecule has 0 fully saturated rings. The molecule has 0 aliphatic heterocycles. The summed E-state index contributed by atoms with van der Waals surface area (Å²) in [7, 11) is 1.72. The van der Waals surface area contributed by atoms with Crippen LogP contribution < -0.4 is 0 Å². The van der Waals surface area contributed by atoms with E-state index in [2.05, 4.69) is 10.2 Å². The molecule has 3 aromatic rings. The smallest absolute Gasteiger partial charge is 0.276 e. The average molecular weight is 310 g/mol. The standard InChI is InChI=1S/C17H18N4O2/c1-12-9-10-15(23-12)11-20(3)17(22)16-13(2)18-21(19-16)14-7-5-4-6-8-14/h4-10H,11H2,1-3H3. The molecule has 0 radical (unpaired) electrons. The lowest BCUT2D eigenvalue weighted by Crippen LogP contribution is -2.27. The number of aryl methyl sites for hydroxylation is 2. The second-order valence-corrected chi connectivity index (χ2v) is 5.43. The van der Waals surface area contributed by atoms with Gasteiger partial charge in [-0.2, -0.15) is 9.90 Å². The molecule has 6 nitrogen and oxygen atoms in total. The summed E-state index contributed by atoms with van der Waals surface area (Å²) < 4.78 is 5.51. The van der Waals surface area contributed by atoms with Gasteiger partial charge < -0.3 is 9.32 Å². The van der Waals surface area contributed by atoms with Gasteiger partial charge in [0.2, 0.25) is 0 Å². The third kappa shape index (κ3) is 3.15. The maximum atomic E-state index is 12.6. The lowest BCUT2D eigenvalue weighted by atomic mass is 10.3. The van der Waals surface area contributed by atoms with E-state index in [9.17, 15) is 4.79 Å². The van der Waals surface area contributed by atoms with Crippen LogP contribution >= 0.6 is 0 Å². The van der Waals surface area contributed by atoms with Crippen molar-refractivity contribution >= 4 is 5.91 Å². The molecule has 2 heterocycles. The van der Waals surface area contributed by atoms with Crippen LogP contribution in [0.4, 0.5) is 0 Å². The van der Waals surface area contributed by atoms with Crippen molar-refractivity contribution in [3.63, 3.8) is 0 Å². The van der Waals surface area contributed by atoms with Crippen LogP contribution in [0.1, 0.15) is 27.7 Å². The monoisotopic (exact) mass is 310 g/mol. The van der Waals surface area contributed by atoms with Gasteiger partial charge in [-0.05, 0) is 38.1 Å². The fourth-order valence-electron chi connectivity index (χ4n) is 2.31. The molecular weight excluding hydrogens is 292 g/mol. The van der Waals surface area contributed by atoms with E-state index in [1.54, 1.807) is 18.9 Å². The molecule has 0 atom stereocenters. The minimum absolute atomic E-state index is 0.182. The van der Waals surface area contributed by atoms with Crippen LogP contribution in [0.25, 0.3) is 5.69 Å². The van der Waals surface area contributed by atoms with E-state index in [-0.39, 0.29) is 5.91 Å². The zero-order chi connectivity index (χ0) is 16.4. The second kappa shape index (κ2) is 6.08. The topological polar surface area (TPSA) is 64.2 Å². The van der Waals surface area contributed by atoms with Crippen LogP contribution in [-0.2, 0) is 6.54 Å². The summed E-state index contributed by atoms with van der Waals surface area (Å²) in [6.07, 6.45) is 0. The van der Waals surface area contributed by atoms with E-state index >= 15 is 0 Å². The van der Waals surface area contributed by atoms with Gasteiger partial charge in [-0.1, -0.05) is 18.2 Å². The van der Waals surface area contributed by atoms with Gasteiger partial charge in [0, 0.05) is 7.05 Å². The Hall–Kier alpha value is -2.89. The van der Waals surface area contributed by atoms with Crippen molar-refractivity contribution < 1.29 is 9.21 Å². The predicted octanol–water partition coefficient (Wildman–Crippen LogP) is 2.75. The molecule has 0 aliphatic carbocycles. The van der Waals surface area contributed by atoms with Gasteiger partial charge in [0.1, 0.15) is 11.5 Å². The van der Waals surface area contributed by atoms with Crippen LogP contribution in [0.3, 0.4) is 0 Å². The Morgan fingerprint density at radius 1 is 1.13 bits per heavy atom. The third-order valence-corrected chi connectivity index (χ3v) is 3.51. The highest BCUT2D eigenvalue weighted by molar-refractivity contribution is 5.93. The van der Waals surface area contributed by atoms with Gasteiger partial charge in [0.15, 0.2) is 5.69 Å². The van der Waals surface area contributed by atoms with Gasteiger partial charge in [-0.3, -0.25) is 4.79 Å². The van der Waals surface area contributed by atoms with Crippen LogP contribution in [0.2, 0.25) is 0 Å². The van der Waals surface area contributed by atoms with Crippen molar-refractivity contribution in [1.82, 2.24) is 19.9 Å². The van der Waals surface area contributed by atoms with E-state index < -0.39 is 0 Å². The molecule has 1 aromatic carbocycles. The first-order valence-electron chi connectivity index (χ1n) is 7.35. The SMILES string of the molecule is Cc1ccc(CN(C)C(=O)c2nn(-c3ccccc3)nc2C)o1. The Labute approximate surface area is 134 Å². The second-order valence-electron chi connectivity index (χ2n) is 5.43. The maximum absolute atomic E-state index is 12.6. The lowest BCUT2D eigenvalue weighted by molar-refractivity contribution is 0.0768. The van der Waals surface area contributed by atoms with Crippen LogP contribution in [-0.4, -0.2) is 32.8 Å². The minimum atomic E-state index is -0.182. The Morgan fingerprint density at radius 3 is 2.52 bits per heavy atom. The first-order valence-corrected chi connectivity index (χ1v) is 7.35. The number of carbonyl (C=O) groups is 1. The highest BCUT2D eigenvalue weighted by atomic mass is 16.3. The summed E-state index contributed by atoms with van der Waals surface area (Å²) in [4.78, 5) is 15.6. The van der Waals surface area contributed by atoms with Crippen molar-refractivity contribution in [2.75, 3.05) is 7.05 Å². The number of hydrogen-bond acceptors (Lipinski definition) is 4. The lowest BCUT2D eigenvalue weighted by Gasteiger charge is -2.14. The molecule has 0 spiro atoms. The number of hydrogen-bond donors (Lipinski definition) is 0. The molecule has 0 unspecified atom stereocenters. The van der Waals surface area contributed by atoms with Crippen molar-refractivity contribution in [2.45, 2.75) is 20.4 Å². The number of aromatic nitrogens is 3. The molecule has 3 rings (SSSR count). The van der Waals surface area contributed by atoms with Gasteiger partial charge >= 0.3 is 0 Å². The van der Waals surface area contributed by atoms with E-state index in [0.717, 1.165) is 17.2 Å². The van der Waals surface area contributed by atoms with Crippen molar-refractivity contribution in [3.05, 3.63) is 65.4 Å². The molecular formula is C17H18N4O2. The summed E-state index contributed by atoms with van der Waals surface area (Å²) in [5, 5.41) is 8.66. The summed E-state index contributed by atoms with van der Waals surface area (Å²) in [5.74, 6) is 1.39. The van der Waals surface area contributed by atoms with Crippen LogP contribution in [0.15, 0.2) is 46.9 Å². The molecule has 0 aliphatic rings.